The Balaban J connectivity index is 2.23. The van der Waals surface area contributed by atoms with Crippen LogP contribution in [0.3, 0.4) is 0 Å². The molecular weight excluding hydrogens is 296 g/mol. The summed E-state index contributed by atoms with van der Waals surface area (Å²) in [5.41, 5.74) is 0.538. The highest BCUT2D eigenvalue weighted by atomic mass is 16.6. The van der Waals surface area contributed by atoms with Gasteiger partial charge in [-0.15, -0.1) is 0 Å². The van der Waals surface area contributed by atoms with E-state index < -0.39 is 23.7 Å². The molecule has 0 spiro atoms. The number of rotatable bonds is 2. The first kappa shape index (κ1) is 16.8. The zero-order chi connectivity index (χ0) is 17.0. The summed E-state index contributed by atoms with van der Waals surface area (Å²) in [7, 11) is 0. The molecule has 122 valence electrons. The van der Waals surface area contributed by atoms with Gasteiger partial charge >= 0.3 is 12.1 Å². The minimum atomic E-state index is -0.784. The third-order valence-corrected chi connectivity index (χ3v) is 3.40. The lowest BCUT2D eigenvalue weighted by Gasteiger charge is -2.35. The number of cyclic esters (lactones) is 1. The molecule has 1 fully saturated rings. The fraction of sp³-hybridized carbons (Fsp3) is 0.471. The molecule has 1 heterocycles. The molecule has 1 aromatic carbocycles. The second-order valence-electron chi connectivity index (χ2n) is 6.33. The van der Waals surface area contributed by atoms with Gasteiger partial charge in [0.2, 0.25) is 0 Å². The molecule has 1 saturated heterocycles. The summed E-state index contributed by atoms with van der Waals surface area (Å²) in [5.74, 6) is -0.477. The van der Waals surface area contributed by atoms with Gasteiger partial charge in [-0.1, -0.05) is 18.2 Å². The highest BCUT2D eigenvalue weighted by Crippen LogP contribution is 2.20. The van der Waals surface area contributed by atoms with Crippen molar-refractivity contribution >= 4 is 12.1 Å². The molecule has 0 N–H and O–H groups in total. The van der Waals surface area contributed by atoms with E-state index in [9.17, 15) is 14.9 Å². The van der Waals surface area contributed by atoms with Gasteiger partial charge in [-0.25, -0.2) is 9.59 Å². The van der Waals surface area contributed by atoms with Gasteiger partial charge in [-0.3, -0.25) is 4.90 Å². The van der Waals surface area contributed by atoms with Crippen LogP contribution in [0.1, 0.15) is 31.9 Å². The minimum absolute atomic E-state index is 0.147. The van der Waals surface area contributed by atoms with Gasteiger partial charge in [0.15, 0.2) is 0 Å². The number of morpholine rings is 1. The maximum absolute atomic E-state index is 12.3. The highest BCUT2D eigenvalue weighted by Gasteiger charge is 2.37. The van der Waals surface area contributed by atoms with Crippen molar-refractivity contribution in [2.45, 2.75) is 38.8 Å². The maximum Gasteiger partial charge on any atom is 0.411 e. The Morgan fingerprint density at radius 2 is 2.13 bits per heavy atom. The molecule has 0 bridgehead atoms. The number of carbonyl (C=O) groups excluding carboxylic acids is 2. The zero-order valence-corrected chi connectivity index (χ0v) is 13.5. The molecule has 1 atom stereocenters. The van der Waals surface area contributed by atoms with Gasteiger partial charge in [0.05, 0.1) is 18.2 Å². The number of ether oxygens (including phenoxy) is 2. The molecule has 1 unspecified atom stereocenters. The fourth-order valence-electron chi connectivity index (χ4n) is 2.37. The van der Waals surface area contributed by atoms with Gasteiger partial charge < -0.3 is 9.47 Å². The monoisotopic (exact) mass is 316 g/mol. The van der Waals surface area contributed by atoms with Crippen LogP contribution in [0.5, 0.6) is 0 Å². The first-order valence-corrected chi connectivity index (χ1v) is 7.46. The van der Waals surface area contributed by atoms with Crippen molar-refractivity contribution in [3.05, 3.63) is 35.4 Å². The lowest BCUT2D eigenvalue weighted by Crippen LogP contribution is -2.53. The van der Waals surface area contributed by atoms with Crippen LogP contribution in [-0.4, -0.2) is 41.8 Å². The molecule has 0 saturated carbocycles. The van der Waals surface area contributed by atoms with Crippen molar-refractivity contribution in [3.8, 4) is 6.07 Å². The Morgan fingerprint density at radius 1 is 1.43 bits per heavy atom. The van der Waals surface area contributed by atoms with Crippen molar-refractivity contribution in [1.82, 2.24) is 4.90 Å². The van der Waals surface area contributed by atoms with E-state index in [0.717, 1.165) is 0 Å². The largest absolute Gasteiger partial charge is 0.462 e. The molecular formula is C17H20N2O4. The summed E-state index contributed by atoms with van der Waals surface area (Å²) in [5, 5.41) is 9.17. The number of hydrogen-bond acceptors (Lipinski definition) is 5. The van der Waals surface area contributed by atoms with Gasteiger partial charge in [-0.05, 0) is 32.4 Å². The Labute approximate surface area is 135 Å². The van der Waals surface area contributed by atoms with Gasteiger partial charge in [0.1, 0.15) is 18.2 Å². The smallest absolute Gasteiger partial charge is 0.411 e. The Hall–Kier alpha value is -2.55. The predicted molar refractivity (Wildman–Crippen MR) is 82.5 cm³/mol. The summed E-state index contributed by atoms with van der Waals surface area (Å²) in [4.78, 5) is 25.8. The van der Waals surface area contributed by atoms with E-state index in [4.69, 9.17) is 9.47 Å². The standard InChI is InChI=1S/C17H20N2O4/c1-17(2,3)23-16(21)19-8-9-22-15(20)14(19)10-12-6-4-5-7-13(12)11-18/h4-7,14H,8-10H2,1-3H3. The van der Waals surface area contributed by atoms with Crippen molar-refractivity contribution < 1.29 is 19.1 Å². The number of nitrogens with zero attached hydrogens (tertiary/aromatic N) is 2. The summed E-state index contributed by atoms with van der Waals surface area (Å²) in [6.45, 7) is 5.74. The summed E-state index contributed by atoms with van der Waals surface area (Å²) < 4.78 is 10.4. The van der Waals surface area contributed by atoms with E-state index in [-0.39, 0.29) is 19.6 Å². The maximum atomic E-state index is 12.3. The van der Waals surface area contributed by atoms with Crippen LogP contribution in [0.4, 0.5) is 4.79 Å². The lowest BCUT2D eigenvalue weighted by atomic mass is 9.99. The first-order valence-electron chi connectivity index (χ1n) is 7.46. The zero-order valence-electron chi connectivity index (χ0n) is 13.5. The van der Waals surface area contributed by atoms with Crippen LogP contribution in [-0.2, 0) is 20.7 Å². The molecule has 0 radical (unpaired) electrons. The number of amides is 1. The minimum Gasteiger partial charge on any atom is -0.462 e. The van der Waals surface area contributed by atoms with Crippen molar-refractivity contribution in [2.75, 3.05) is 13.2 Å². The predicted octanol–water partition coefficient (Wildman–Crippen LogP) is 2.26. The first-order chi connectivity index (χ1) is 10.8. The summed E-state index contributed by atoms with van der Waals surface area (Å²) in [6, 6.07) is 8.32. The van der Waals surface area contributed by atoms with Crippen molar-refractivity contribution in [1.29, 1.82) is 5.26 Å². The number of nitriles is 1. The molecule has 6 nitrogen and oxygen atoms in total. The van der Waals surface area contributed by atoms with E-state index in [2.05, 4.69) is 6.07 Å². The SMILES string of the molecule is CC(C)(C)OC(=O)N1CCOC(=O)C1Cc1ccccc1C#N. The fourth-order valence-corrected chi connectivity index (χ4v) is 2.37. The van der Waals surface area contributed by atoms with Crippen LogP contribution in [0.15, 0.2) is 24.3 Å². The third kappa shape index (κ3) is 4.22. The van der Waals surface area contributed by atoms with Gasteiger partial charge in [-0.2, -0.15) is 5.26 Å². The van der Waals surface area contributed by atoms with E-state index in [0.29, 0.717) is 11.1 Å². The number of esters is 1. The van der Waals surface area contributed by atoms with Crippen LogP contribution >= 0.6 is 0 Å². The average Bonchev–Trinajstić information content (AvgIpc) is 2.48. The molecule has 2 rings (SSSR count). The van der Waals surface area contributed by atoms with E-state index >= 15 is 0 Å². The van der Waals surface area contributed by atoms with E-state index in [1.807, 2.05) is 0 Å². The van der Waals surface area contributed by atoms with E-state index in [1.54, 1.807) is 45.0 Å². The number of benzene rings is 1. The molecule has 6 heteroatoms. The third-order valence-electron chi connectivity index (χ3n) is 3.40. The van der Waals surface area contributed by atoms with Crippen molar-refractivity contribution in [3.63, 3.8) is 0 Å². The number of carbonyl (C=O) groups is 2. The van der Waals surface area contributed by atoms with Crippen LogP contribution in [0, 0.1) is 11.3 Å². The van der Waals surface area contributed by atoms with E-state index in [1.165, 1.54) is 4.90 Å². The molecule has 1 aliphatic rings. The molecule has 1 aliphatic heterocycles. The van der Waals surface area contributed by atoms with Crippen LogP contribution in [0.25, 0.3) is 0 Å². The van der Waals surface area contributed by atoms with Gasteiger partial charge in [0, 0.05) is 6.42 Å². The molecule has 1 aromatic rings. The normalized spacial score (nSPS) is 18.1. The van der Waals surface area contributed by atoms with Crippen LogP contribution < -0.4 is 0 Å². The summed E-state index contributed by atoms with van der Waals surface area (Å²) in [6.07, 6.45) is -0.324. The Bertz CT molecular complexity index is 643. The second kappa shape index (κ2) is 6.69. The Kier molecular flexibility index (Phi) is 4.89. The molecule has 23 heavy (non-hydrogen) atoms. The Morgan fingerprint density at radius 3 is 2.78 bits per heavy atom. The highest BCUT2D eigenvalue weighted by molar-refractivity contribution is 5.83. The average molecular weight is 316 g/mol. The lowest BCUT2D eigenvalue weighted by molar-refractivity contribution is -0.156. The second-order valence-corrected chi connectivity index (χ2v) is 6.33. The molecule has 0 aliphatic carbocycles. The van der Waals surface area contributed by atoms with Gasteiger partial charge in [0.25, 0.3) is 0 Å². The number of hydrogen-bond donors (Lipinski definition) is 0. The van der Waals surface area contributed by atoms with Crippen LogP contribution in [0.2, 0.25) is 0 Å². The topological polar surface area (TPSA) is 79.6 Å². The quantitative estimate of drug-likeness (QED) is 0.782. The summed E-state index contributed by atoms with van der Waals surface area (Å²) >= 11 is 0. The van der Waals surface area contributed by atoms with Crippen molar-refractivity contribution in [2.24, 2.45) is 0 Å². The molecule has 0 aromatic heterocycles. The molecule has 1 amide bonds.